The molecule has 1 aliphatic rings. The first-order chi connectivity index (χ1) is 12.7. The molecule has 0 aliphatic carbocycles. The third kappa shape index (κ3) is 4.65. The summed E-state index contributed by atoms with van der Waals surface area (Å²) >= 11 is 1.87. The lowest BCUT2D eigenvalue weighted by Crippen LogP contribution is -2.45. The van der Waals surface area contributed by atoms with Gasteiger partial charge in [-0.05, 0) is 56.3 Å². The Morgan fingerprint density at radius 2 is 2.08 bits per heavy atom. The molecule has 2 heterocycles. The molecule has 26 heavy (non-hydrogen) atoms. The minimum atomic E-state index is 0.226. The number of benzene rings is 1. The van der Waals surface area contributed by atoms with E-state index in [1.54, 1.807) is 0 Å². The molecule has 0 radical (unpaired) electrons. The Kier molecular flexibility index (Phi) is 6.69. The predicted octanol–water partition coefficient (Wildman–Crippen LogP) is 4.06. The van der Waals surface area contributed by atoms with Crippen LogP contribution in [-0.2, 0) is 0 Å². The highest BCUT2D eigenvalue weighted by molar-refractivity contribution is 7.10. The van der Waals surface area contributed by atoms with Crippen LogP contribution in [0.5, 0.6) is 0 Å². The normalized spacial score (nSPS) is 22.8. The minimum absolute atomic E-state index is 0.226. The first kappa shape index (κ1) is 18.9. The van der Waals surface area contributed by atoms with Crippen LogP contribution in [0.25, 0.3) is 0 Å². The van der Waals surface area contributed by atoms with Crippen molar-refractivity contribution in [1.29, 1.82) is 0 Å². The summed E-state index contributed by atoms with van der Waals surface area (Å²) in [5.74, 6) is 1.47. The standard InChI is InChI=1S/C21H30N4S/c1-16(17-9-5-4-6-10-17)24-21(22-2)23-15-18-11-7-13-25(3)20(18)19-12-8-14-26-19/h4-6,8-10,12,14,16,18,20H,7,11,13,15H2,1-3H3,(H2,22,23,24). The molecule has 1 aromatic carbocycles. The minimum Gasteiger partial charge on any atom is -0.356 e. The molecule has 3 atom stereocenters. The van der Waals surface area contributed by atoms with E-state index in [9.17, 15) is 0 Å². The van der Waals surface area contributed by atoms with Crippen LogP contribution in [-0.4, -0.2) is 38.0 Å². The molecular weight excluding hydrogens is 340 g/mol. The first-order valence-corrected chi connectivity index (χ1v) is 10.3. The van der Waals surface area contributed by atoms with Crippen LogP contribution in [0.1, 0.15) is 42.3 Å². The maximum absolute atomic E-state index is 4.43. The number of nitrogens with zero attached hydrogens (tertiary/aromatic N) is 2. The average Bonchev–Trinajstić information content (AvgIpc) is 3.19. The molecule has 1 fully saturated rings. The highest BCUT2D eigenvalue weighted by Gasteiger charge is 2.31. The first-order valence-electron chi connectivity index (χ1n) is 9.45. The number of aliphatic imine (C=N–C) groups is 1. The van der Waals surface area contributed by atoms with Gasteiger partial charge in [0.2, 0.25) is 0 Å². The fourth-order valence-electron chi connectivity index (χ4n) is 3.84. The van der Waals surface area contributed by atoms with Crippen molar-refractivity contribution < 1.29 is 0 Å². The lowest BCUT2D eigenvalue weighted by molar-refractivity contribution is 0.125. The number of piperidine rings is 1. The summed E-state index contributed by atoms with van der Waals surface area (Å²) < 4.78 is 0. The highest BCUT2D eigenvalue weighted by atomic mass is 32.1. The number of nitrogens with one attached hydrogen (secondary N) is 2. The van der Waals surface area contributed by atoms with E-state index in [0.717, 1.165) is 12.5 Å². The van der Waals surface area contributed by atoms with Crippen molar-refractivity contribution in [2.75, 3.05) is 27.2 Å². The summed E-state index contributed by atoms with van der Waals surface area (Å²) in [5, 5.41) is 9.27. The molecule has 3 unspecified atom stereocenters. The summed E-state index contributed by atoms with van der Waals surface area (Å²) in [6, 6.07) is 15.7. The van der Waals surface area contributed by atoms with Gasteiger partial charge in [0.15, 0.2) is 5.96 Å². The lowest BCUT2D eigenvalue weighted by atomic mass is 9.88. The third-order valence-electron chi connectivity index (χ3n) is 5.25. The molecule has 2 aromatic rings. The van der Waals surface area contributed by atoms with Gasteiger partial charge in [0, 0.05) is 24.5 Å². The van der Waals surface area contributed by atoms with Crippen LogP contribution < -0.4 is 10.6 Å². The second kappa shape index (κ2) is 9.19. The van der Waals surface area contributed by atoms with Crippen molar-refractivity contribution in [1.82, 2.24) is 15.5 Å². The van der Waals surface area contributed by atoms with E-state index in [-0.39, 0.29) is 6.04 Å². The molecule has 1 aromatic heterocycles. The van der Waals surface area contributed by atoms with E-state index in [2.05, 4.69) is 76.3 Å². The topological polar surface area (TPSA) is 39.7 Å². The van der Waals surface area contributed by atoms with Crippen LogP contribution >= 0.6 is 11.3 Å². The molecule has 0 saturated carbocycles. The van der Waals surface area contributed by atoms with Crippen LogP contribution in [0, 0.1) is 5.92 Å². The maximum atomic E-state index is 4.43. The summed E-state index contributed by atoms with van der Waals surface area (Å²) in [7, 11) is 4.10. The average molecular weight is 371 g/mol. The van der Waals surface area contributed by atoms with Crippen molar-refractivity contribution in [3.8, 4) is 0 Å². The molecule has 0 amide bonds. The highest BCUT2D eigenvalue weighted by Crippen LogP contribution is 2.36. The van der Waals surface area contributed by atoms with E-state index in [1.807, 2.05) is 24.5 Å². The van der Waals surface area contributed by atoms with Crippen LogP contribution in [0.15, 0.2) is 52.8 Å². The second-order valence-corrected chi connectivity index (χ2v) is 8.05. The van der Waals surface area contributed by atoms with Crippen molar-refractivity contribution >= 4 is 17.3 Å². The summed E-state index contributed by atoms with van der Waals surface area (Å²) in [6.07, 6.45) is 2.52. The van der Waals surface area contributed by atoms with E-state index in [0.29, 0.717) is 12.0 Å². The Hall–Kier alpha value is -1.85. The van der Waals surface area contributed by atoms with E-state index in [4.69, 9.17) is 0 Å². The number of rotatable bonds is 5. The quantitative estimate of drug-likeness (QED) is 0.616. The van der Waals surface area contributed by atoms with Crippen LogP contribution in [0.2, 0.25) is 0 Å². The SMILES string of the molecule is CN=C(NCC1CCCN(C)C1c1cccs1)NC(C)c1ccccc1. The molecular formula is C21H30N4S. The number of likely N-dealkylation sites (tertiary alicyclic amines) is 1. The molecule has 1 aliphatic heterocycles. The summed E-state index contributed by atoms with van der Waals surface area (Å²) in [5.41, 5.74) is 1.27. The van der Waals surface area contributed by atoms with Gasteiger partial charge in [-0.25, -0.2) is 0 Å². The summed E-state index contributed by atoms with van der Waals surface area (Å²) in [6.45, 7) is 4.29. The van der Waals surface area contributed by atoms with Crippen LogP contribution in [0.4, 0.5) is 0 Å². The number of thiophene rings is 1. The molecule has 0 spiro atoms. The zero-order chi connectivity index (χ0) is 18.4. The van der Waals surface area contributed by atoms with Gasteiger partial charge in [-0.3, -0.25) is 9.89 Å². The van der Waals surface area contributed by atoms with Crippen molar-refractivity contribution in [2.45, 2.75) is 31.8 Å². The van der Waals surface area contributed by atoms with Crippen molar-refractivity contribution in [3.63, 3.8) is 0 Å². The van der Waals surface area contributed by atoms with Gasteiger partial charge in [0.05, 0.1) is 6.04 Å². The molecule has 140 valence electrons. The zero-order valence-corrected chi connectivity index (χ0v) is 16.8. The predicted molar refractivity (Wildman–Crippen MR) is 112 cm³/mol. The monoisotopic (exact) mass is 370 g/mol. The molecule has 5 heteroatoms. The zero-order valence-electron chi connectivity index (χ0n) is 16.0. The second-order valence-electron chi connectivity index (χ2n) is 7.07. The molecule has 4 nitrogen and oxygen atoms in total. The fraction of sp³-hybridized carbons (Fsp3) is 0.476. The Morgan fingerprint density at radius 3 is 2.77 bits per heavy atom. The van der Waals surface area contributed by atoms with Crippen LogP contribution in [0.3, 0.4) is 0 Å². The lowest BCUT2D eigenvalue weighted by Gasteiger charge is -2.39. The van der Waals surface area contributed by atoms with Gasteiger partial charge < -0.3 is 10.6 Å². The van der Waals surface area contributed by atoms with Gasteiger partial charge in [0.1, 0.15) is 0 Å². The maximum Gasteiger partial charge on any atom is 0.191 e. The smallest absolute Gasteiger partial charge is 0.191 e. The molecule has 1 saturated heterocycles. The van der Waals surface area contributed by atoms with E-state index >= 15 is 0 Å². The Balaban J connectivity index is 1.60. The largest absolute Gasteiger partial charge is 0.356 e. The summed E-state index contributed by atoms with van der Waals surface area (Å²) in [4.78, 5) is 8.40. The van der Waals surface area contributed by atoms with Gasteiger partial charge in [-0.2, -0.15) is 0 Å². The van der Waals surface area contributed by atoms with E-state index in [1.165, 1.54) is 29.8 Å². The van der Waals surface area contributed by atoms with E-state index < -0.39 is 0 Å². The van der Waals surface area contributed by atoms with Gasteiger partial charge in [-0.1, -0.05) is 36.4 Å². The Bertz CT molecular complexity index is 683. The molecule has 3 rings (SSSR count). The Morgan fingerprint density at radius 1 is 1.27 bits per heavy atom. The van der Waals surface area contributed by atoms with Crippen molar-refractivity contribution in [2.24, 2.45) is 10.9 Å². The van der Waals surface area contributed by atoms with Gasteiger partial charge >= 0.3 is 0 Å². The fourth-order valence-corrected chi connectivity index (χ4v) is 4.82. The number of hydrogen-bond acceptors (Lipinski definition) is 3. The van der Waals surface area contributed by atoms with Crippen molar-refractivity contribution in [3.05, 3.63) is 58.3 Å². The Labute approximate surface area is 161 Å². The van der Waals surface area contributed by atoms with Gasteiger partial charge in [0.25, 0.3) is 0 Å². The van der Waals surface area contributed by atoms with Gasteiger partial charge in [-0.15, -0.1) is 11.3 Å². The third-order valence-corrected chi connectivity index (χ3v) is 6.19. The number of hydrogen-bond donors (Lipinski definition) is 2. The number of guanidine groups is 1. The molecule has 0 bridgehead atoms. The molecule has 2 N–H and O–H groups in total.